The van der Waals surface area contributed by atoms with E-state index >= 15 is 0 Å². The lowest BCUT2D eigenvalue weighted by atomic mass is 9.69. The molecule has 0 radical (unpaired) electrons. The van der Waals surface area contributed by atoms with Gasteiger partial charge in [0.05, 0.1) is 11.4 Å². The minimum atomic E-state index is 0.708. The molecule has 2 aliphatic carbocycles. The molecule has 0 spiro atoms. The monoisotopic (exact) mass is 358 g/mol. The Hall–Kier alpha value is -1.09. The van der Waals surface area contributed by atoms with Gasteiger partial charge in [0, 0.05) is 13.1 Å². The maximum Gasteiger partial charge on any atom is 0.106 e. The zero-order chi connectivity index (χ0) is 15.4. The first kappa shape index (κ1) is 14.5. The van der Waals surface area contributed by atoms with Crippen molar-refractivity contribution in [3.8, 4) is 0 Å². The van der Waals surface area contributed by atoms with E-state index in [9.17, 15) is 0 Å². The van der Waals surface area contributed by atoms with Gasteiger partial charge in [-0.05, 0) is 70.0 Å². The summed E-state index contributed by atoms with van der Waals surface area (Å²) in [6, 6.07) is 6.05. The third-order valence-electron chi connectivity index (χ3n) is 6.31. The van der Waals surface area contributed by atoms with Gasteiger partial charge < -0.3 is 4.90 Å². The van der Waals surface area contributed by atoms with Crippen molar-refractivity contribution in [2.75, 3.05) is 13.1 Å². The van der Waals surface area contributed by atoms with E-state index in [4.69, 9.17) is 0 Å². The molecule has 0 N–H and O–H groups in total. The molecule has 2 heterocycles. The minimum Gasteiger partial charge on any atom is -0.370 e. The number of fused-ring (bicyclic) bond motifs is 2. The second-order valence-corrected chi connectivity index (χ2v) is 8.07. The summed E-state index contributed by atoms with van der Waals surface area (Å²) in [6.45, 7) is 13.2. The summed E-state index contributed by atoms with van der Waals surface area (Å²) in [4.78, 5) is 7.03. The van der Waals surface area contributed by atoms with E-state index in [0.717, 1.165) is 58.7 Å². The van der Waals surface area contributed by atoms with Crippen molar-refractivity contribution in [3.05, 3.63) is 47.7 Å². The number of hydrogen-bond acceptors (Lipinski definition) is 2. The first-order valence-corrected chi connectivity index (χ1v) is 9.08. The molecular formula is C19H23BrN2. The number of nitrogens with zero attached hydrogens (tertiary/aromatic N) is 2. The number of likely N-dealkylation sites (tertiary alicyclic amines) is 1. The van der Waals surface area contributed by atoms with Gasteiger partial charge in [-0.25, -0.2) is 4.98 Å². The summed E-state index contributed by atoms with van der Waals surface area (Å²) in [5.74, 6) is 4.95. The van der Waals surface area contributed by atoms with Crippen molar-refractivity contribution < 1.29 is 0 Å². The van der Waals surface area contributed by atoms with Crippen LogP contribution in [-0.2, 0) is 0 Å². The predicted molar refractivity (Wildman–Crippen MR) is 94.0 cm³/mol. The van der Waals surface area contributed by atoms with Crippen LogP contribution in [0.5, 0.6) is 0 Å². The number of aromatic nitrogens is 1. The minimum absolute atomic E-state index is 0.708. The Labute approximate surface area is 141 Å². The lowest BCUT2D eigenvalue weighted by Crippen LogP contribution is -2.33. The molecule has 0 amide bonds. The summed E-state index contributed by atoms with van der Waals surface area (Å²) < 4.78 is 0.876. The molecule has 4 rings (SSSR count). The molecule has 1 aliphatic heterocycles. The molecule has 22 heavy (non-hydrogen) atoms. The molecule has 6 unspecified atom stereocenters. The number of halogens is 1. The van der Waals surface area contributed by atoms with E-state index in [1.165, 1.54) is 6.42 Å². The fraction of sp³-hybridized carbons (Fsp3) is 0.526. The Morgan fingerprint density at radius 2 is 2.05 bits per heavy atom. The summed E-state index contributed by atoms with van der Waals surface area (Å²) >= 11 is 3.46. The molecule has 3 fully saturated rings. The summed E-state index contributed by atoms with van der Waals surface area (Å²) in [5.41, 5.74) is 2.06. The van der Waals surface area contributed by atoms with Gasteiger partial charge >= 0.3 is 0 Å². The van der Waals surface area contributed by atoms with Gasteiger partial charge in [-0.3, -0.25) is 0 Å². The van der Waals surface area contributed by atoms with Gasteiger partial charge in [0.2, 0.25) is 0 Å². The second-order valence-electron chi connectivity index (χ2n) is 7.26. The number of allylic oxidation sites excluding steroid dienone is 1. The number of rotatable bonds is 3. The van der Waals surface area contributed by atoms with Crippen molar-refractivity contribution >= 4 is 21.6 Å². The van der Waals surface area contributed by atoms with E-state index in [1.54, 1.807) is 0 Å². The third-order valence-corrected chi connectivity index (χ3v) is 6.75. The molecule has 0 aromatic carbocycles. The quantitative estimate of drug-likeness (QED) is 0.586. The molecule has 1 aromatic rings. The van der Waals surface area contributed by atoms with Crippen molar-refractivity contribution in [2.24, 2.45) is 35.5 Å². The maximum absolute atomic E-state index is 4.57. The molecule has 1 aromatic heterocycles. The summed E-state index contributed by atoms with van der Waals surface area (Å²) in [5, 5.41) is 0. The van der Waals surface area contributed by atoms with Gasteiger partial charge in [0.15, 0.2) is 0 Å². The Kier molecular flexibility index (Phi) is 3.44. The maximum atomic E-state index is 4.57. The van der Waals surface area contributed by atoms with Gasteiger partial charge in [-0.1, -0.05) is 25.6 Å². The summed E-state index contributed by atoms with van der Waals surface area (Å²) in [6.07, 6.45) is 3.66. The topological polar surface area (TPSA) is 16.1 Å². The summed E-state index contributed by atoms with van der Waals surface area (Å²) in [7, 11) is 0. The van der Waals surface area contributed by atoms with Crippen LogP contribution in [0.1, 0.15) is 19.0 Å². The van der Waals surface area contributed by atoms with Crippen LogP contribution >= 0.6 is 15.9 Å². The molecule has 6 atom stereocenters. The van der Waals surface area contributed by atoms with Crippen molar-refractivity contribution in [2.45, 2.75) is 13.3 Å². The zero-order valence-corrected chi connectivity index (χ0v) is 14.7. The van der Waals surface area contributed by atoms with E-state index in [1.807, 2.05) is 12.1 Å². The molecule has 2 nitrogen and oxygen atoms in total. The predicted octanol–water partition coefficient (Wildman–Crippen LogP) is 4.45. The van der Waals surface area contributed by atoms with Crippen LogP contribution < -0.4 is 0 Å². The highest BCUT2D eigenvalue weighted by Gasteiger charge is 2.58. The molecule has 3 aliphatic rings. The SMILES string of the molecule is C=CC1C2CC2C(C)C2CN(C(=C)c3cccc(Br)n3)CC12. The molecule has 0 bridgehead atoms. The van der Waals surface area contributed by atoms with E-state index < -0.39 is 0 Å². The lowest BCUT2D eigenvalue weighted by Gasteiger charge is -2.35. The van der Waals surface area contributed by atoms with Crippen LogP contribution in [0, 0.1) is 35.5 Å². The Bertz CT molecular complexity index is 626. The normalized spacial score (nSPS) is 39.1. The highest BCUT2D eigenvalue weighted by Crippen LogP contribution is 2.61. The Morgan fingerprint density at radius 3 is 2.77 bits per heavy atom. The average molecular weight is 359 g/mol. The van der Waals surface area contributed by atoms with Crippen molar-refractivity contribution in [1.29, 1.82) is 0 Å². The first-order valence-electron chi connectivity index (χ1n) is 8.29. The van der Waals surface area contributed by atoms with E-state index in [-0.39, 0.29) is 0 Å². The van der Waals surface area contributed by atoms with Gasteiger partial charge in [0.1, 0.15) is 4.60 Å². The third kappa shape index (κ3) is 2.17. The molecule has 2 saturated carbocycles. The van der Waals surface area contributed by atoms with Crippen LogP contribution in [-0.4, -0.2) is 23.0 Å². The zero-order valence-electron chi connectivity index (χ0n) is 13.1. The van der Waals surface area contributed by atoms with Gasteiger partial charge in [-0.2, -0.15) is 0 Å². The Morgan fingerprint density at radius 1 is 1.27 bits per heavy atom. The van der Waals surface area contributed by atoms with E-state index in [2.05, 4.69) is 58.0 Å². The number of pyridine rings is 1. The molecule has 1 saturated heterocycles. The van der Waals surface area contributed by atoms with Crippen LogP contribution in [0.15, 0.2) is 42.0 Å². The fourth-order valence-corrected chi connectivity index (χ4v) is 5.38. The fourth-order valence-electron chi connectivity index (χ4n) is 5.04. The van der Waals surface area contributed by atoms with Crippen LogP contribution in [0.3, 0.4) is 0 Å². The molecule has 116 valence electrons. The van der Waals surface area contributed by atoms with Gasteiger partial charge in [-0.15, -0.1) is 6.58 Å². The first-order chi connectivity index (χ1) is 10.6. The standard InChI is InChI=1S/C19H23BrN2/c1-4-13-15-8-14(15)11(2)16-9-22(10-17(13)16)12(3)18-6-5-7-19(20)21-18/h4-7,11,13-17H,1,3,8-10H2,2H3. The smallest absolute Gasteiger partial charge is 0.106 e. The molecular weight excluding hydrogens is 336 g/mol. The van der Waals surface area contributed by atoms with Crippen LogP contribution in [0.4, 0.5) is 0 Å². The van der Waals surface area contributed by atoms with Crippen molar-refractivity contribution in [3.63, 3.8) is 0 Å². The highest BCUT2D eigenvalue weighted by atomic mass is 79.9. The molecule has 3 heteroatoms. The van der Waals surface area contributed by atoms with Crippen molar-refractivity contribution in [1.82, 2.24) is 9.88 Å². The van der Waals surface area contributed by atoms with Crippen LogP contribution in [0.25, 0.3) is 5.70 Å². The lowest BCUT2D eigenvalue weighted by molar-refractivity contribution is 0.158. The highest BCUT2D eigenvalue weighted by molar-refractivity contribution is 9.10. The largest absolute Gasteiger partial charge is 0.370 e. The van der Waals surface area contributed by atoms with E-state index in [0.29, 0.717) is 5.92 Å². The Balaban J connectivity index is 1.56. The second kappa shape index (κ2) is 5.23. The van der Waals surface area contributed by atoms with Crippen LogP contribution in [0.2, 0.25) is 0 Å². The van der Waals surface area contributed by atoms with Gasteiger partial charge in [0.25, 0.3) is 0 Å². The number of hydrogen-bond donors (Lipinski definition) is 0. The average Bonchev–Trinajstić information content (AvgIpc) is 3.18.